The molecule has 0 heterocycles. The minimum Gasteiger partial charge on any atom is -0.462 e. The molecule has 0 radical (unpaired) electrons. The Labute approximate surface area is 179 Å². The fourth-order valence-corrected chi connectivity index (χ4v) is 1.76. The summed E-state index contributed by atoms with van der Waals surface area (Å²) in [6, 6.07) is -1.36. The molecule has 4 N–H and O–H groups in total. The van der Waals surface area contributed by atoms with Crippen LogP contribution in [-0.4, -0.2) is 72.7 Å². The van der Waals surface area contributed by atoms with Crippen molar-refractivity contribution in [2.24, 2.45) is 17.6 Å². The molecule has 0 aromatic carbocycles. The summed E-state index contributed by atoms with van der Waals surface area (Å²) in [4.78, 5) is 50.1. The van der Waals surface area contributed by atoms with Gasteiger partial charge in [0.2, 0.25) is 0 Å². The molecule has 0 aromatic heterocycles. The largest absolute Gasteiger partial charge is 0.462 e. The summed E-state index contributed by atoms with van der Waals surface area (Å²) in [7, 11) is -0.843. The van der Waals surface area contributed by atoms with Crippen molar-refractivity contribution in [2.75, 3.05) is 26.4 Å². The molecule has 16 heteroatoms. The van der Waals surface area contributed by atoms with Crippen LogP contribution in [0.5, 0.6) is 0 Å². The average molecular weight is 454 g/mol. The second-order valence-electron chi connectivity index (χ2n) is 6.78. The van der Waals surface area contributed by atoms with Gasteiger partial charge in [0.25, 0.3) is 10.2 Å². The zero-order valence-electron chi connectivity index (χ0n) is 18.2. The minimum absolute atomic E-state index is 0.0288. The quantitative estimate of drug-likeness (QED) is 0.0962. The van der Waals surface area contributed by atoms with E-state index < -0.39 is 41.2 Å². The maximum Gasteiger partial charge on any atom is 0.374 e. The Morgan fingerprint density at radius 3 is 1.68 bits per heavy atom. The number of nitrogens with two attached hydrogens (primary N) is 1. The molecule has 2 unspecified atom stereocenters. The maximum absolute atomic E-state index is 11.5. The lowest BCUT2D eigenvalue weighted by Crippen LogP contribution is -2.48. The maximum atomic E-state index is 11.5. The van der Waals surface area contributed by atoms with Gasteiger partial charge in [0.15, 0.2) is 0 Å². The Morgan fingerprint density at radius 1 is 0.935 bits per heavy atom. The average Bonchev–Trinajstić information content (AvgIpc) is 2.65. The van der Waals surface area contributed by atoms with Crippen LogP contribution in [0.25, 0.3) is 0 Å². The molecule has 15 nitrogen and oxygen atoms in total. The van der Waals surface area contributed by atoms with E-state index in [0.717, 1.165) is 0 Å². The molecule has 0 spiro atoms. The second kappa shape index (κ2) is 17.0. The molecule has 0 aliphatic heterocycles. The number of hydrogen-bond acceptors (Lipinski definition) is 13. The topological polar surface area (TPSA) is 216 Å². The summed E-state index contributed by atoms with van der Waals surface area (Å²) in [5, 5.41) is 29.4. The van der Waals surface area contributed by atoms with Gasteiger partial charge in [-0.1, -0.05) is 27.7 Å². The number of esters is 2. The van der Waals surface area contributed by atoms with Crippen LogP contribution in [0.2, 0.25) is 6.82 Å². The third-order valence-electron chi connectivity index (χ3n) is 3.38. The number of nitrogens with one attached hydrogen (secondary N) is 1. The van der Waals surface area contributed by atoms with E-state index in [4.69, 9.17) is 15.5 Å². The van der Waals surface area contributed by atoms with Crippen molar-refractivity contribution in [3.8, 4) is 0 Å². The van der Waals surface area contributed by atoms with Crippen LogP contribution in [0.4, 0.5) is 0 Å². The van der Waals surface area contributed by atoms with Crippen molar-refractivity contribution in [2.45, 2.75) is 46.6 Å². The van der Waals surface area contributed by atoms with E-state index in [9.17, 15) is 29.8 Å². The number of hydrogen-bond donors (Lipinski definition) is 3. The van der Waals surface area contributed by atoms with E-state index in [0.29, 0.717) is 0 Å². The Balaban J connectivity index is 0. The van der Waals surface area contributed by atoms with E-state index in [1.54, 1.807) is 27.7 Å². The van der Waals surface area contributed by atoms with Crippen LogP contribution in [0, 0.1) is 32.1 Å². The molecule has 0 bridgehead atoms. The van der Waals surface area contributed by atoms with Crippen molar-refractivity contribution in [1.29, 1.82) is 0 Å². The lowest BCUT2D eigenvalue weighted by atomic mass is 9.85. The summed E-state index contributed by atoms with van der Waals surface area (Å²) in [5.74, 6) is -1.26. The first-order chi connectivity index (χ1) is 14.3. The van der Waals surface area contributed by atoms with Gasteiger partial charge in [0.1, 0.15) is 38.5 Å². The lowest BCUT2D eigenvalue weighted by Gasteiger charge is -2.21. The zero-order valence-corrected chi connectivity index (χ0v) is 18.2. The molecule has 0 amide bonds. The summed E-state index contributed by atoms with van der Waals surface area (Å²) in [6.45, 7) is 7.66. The van der Waals surface area contributed by atoms with Gasteiger partial charge in [-0.3, -0.25) is 9.59 Å². The van der Waals surface area contributed by atoms with Crippen LogP contribution in [0.3, 0.4) is 0 Å². The van der Waals surface area contributed by atoms with Crippen molar-refractivity contribution in [3.05, 3.63) is 20.2 Å². The summed E-state index contributed by atoms with van der Waals surface area (Å²) in [5.41, 5.74) is 5.45. The van der Waals surface area contributed by atoms with Gasteiger partial charge in [0, 0.05) is 0 Å². The third kappa shape index (κ3) is 17.8. The number of carbonyl (C=O) groups excluding carboxylic acids is 2. The summed E-state index contributed by atoms with van der Waals surface area (Å²) >= 11 is 0. The van der Waals surface area contributed by atoms with Gasteiger partial charge < -0.3 is 35.1 Å². The van der Waals surface area contributed by atoms with Crippen molar-refractivity contribution in [1.82, 2.24) is 5.23 Å². The Morgan fingerprint density at radius 2 is 1.35 bits per heavy atom. The molecular weight excluding hydrogens is 423 g/mol. The Kier molecular flexibility index (Phi) is 16.7. The number of ether oxygens (including phenoxy) is 2. The van der Waals surface area contributed by atoms with Crippen LogP contribution in [0.1, 0.15) is 27.7 Å². The highest BCUT2D eigenvalue weighted by Gasteiger charge is 2.25. The van der Waals surface area contributed by atoms with E-state index >= 15 is 0 Å². The van der Waals surface area contributed by atoms with Gasteiger partial charge in [-0.05, 0) is 18.7 Å². The molecule has 0 saturated heterocycles. The first kappa shape index (κ1) is 30.5. The molecule has 0 saturated carbocycles. The van der Waals surface area contributed by atoms with Crippen LogP contribution in [0.15, 0.2) is 0 Å². The lowest BCUT2D eigenvalue weighted by molar-refractivity contribution is -0.757. The smallest absolute Gasteiger partial charge is 0.374 e. The molecular formula is C15H31BN4O11. The molecule has 0 fully saturated rings. The molecule has 0 aliphatic carbocycles. The molecule has 0 aliphatic rings. The molecule has 2 atom stereocenters. The monoisotopic (exact) mass is 454 g/mol. The molecule has 31 heavy (non-hydrogen) atoms. The predicted molar refractivity (Wildman–Crippen MR) is 106 cm³/mol. The second-order valence-corrected chi connectivity index (χ2v) is 6.78. The van der Waals surface area contributed by atoms with Crippen molar-refractivity contribution in [3.63, 3.8) is 0 Å². The van der Waals surface area contributed by atoms with Crippen molar-refractivity contribution >= 4 is 19.0 Å². The highest BCUT2D eigenvalue weighted by atomic mass is 17.0. The van der Waals surface area contributed by atoms with E-state index in [1.165, 1.54) is 6.82 Å². The van der Waals surface area contributed by atoms with E-state index in [2.05, 4.69) is 19.6 Å². The first-order valence-corrected chi connectivity index (χ1v) is 9.37. The van der Waals surface area contributed by atoms with Gasteiger partial charge in [-0.2, -0.15) is 0 Å². The van der Waals surface area contributed by atoms with Gasteiger partial charge in [-0.15, -0.1) is 20.2 Å². The number of rotatable bonds is 14. The van der Waals surface area contributed by atoms with E-state index in [1.807, 2.05) is 0 Å². The predicted octanol–water partition coefficient (Wildman–Crippen LogP) is -0.816. The van der Waals surface area contributed by atoms with Crippen LogP contribution < -0.4 is 11.0 Å². The van der Waals surface area contributed by atoms with E-state index in [-0.39, 0.29) is 38.3 Å². The van der Waals surface area contributed by atoms with Gasteiger partial charge in [0.05, 0.1) is 0 Å². The normalized spacial score (nSPS) is 12.2. The van der Waals surface area contributed by atoms with Gasteiger partial charge in [-0.25, -0.2) is 0 Å². The van der Waals surface area contributed by atoms with Crippen LogP contribution in [-0.2, 0) is 28.7 Å². The minimum atomic E-state index is -0.957. The summed E-state index contributed by atoms with van der Waals surface area (Å²) in [6.07, 6.45) is 0. The highest BCUT2D eigenvalue weighted by Crippen LogP contribution is 2.04. The highest BCUT2D eigenvalue weighted by molar-refractivity contribution is 6.46. The summed E-state index contributed by atoms with van der Waals surface area (Å²) < 4.78 is 9.40. The van der Waals surface area contributed by atoms with Gasteiger partial charge >= 0.3 is 19.0 Å². The Hall–Kier alpha value is -2.72. The number of nitrogens with zero attached hydrogens (tertiary/aromatic N) is 2. The third-order valence-corrected chi connectivity index (χ3v) is 3.38. The first-order valence-electron chi connectivity index (χ1n) is 9.37. The molecule has 0 aromatic rings. The fourth-order valence-electron chi connectivity index (χ4n) is 1.76. The molecule has 0 rings (SSSR count). The number of carbonyl (C=O) groups is 2. The zero-order chi connectivity index (χ0) is 24.6. The Bertz CT molecular complexity index is 563. The van der Waals surface area contributed by atoms with Crippen molar-refractivity contribution < 1.29 is 43.9 Å². The molecule has 180 valence electrons. The van der Waals surface area contributed by atoms with Crippen LogP contribution >= 0.6 is 0 Å². The standard InChI is InChI=1S/C8H17BN2O6.C7H14N2O5/c1-6(2)7(10-9(3)13)8(12)16-4-5-17-11(14)15;1-5(2)6(8)7(10)13-3-4-14-9(11)12/h6-7,10,13H,4-5H2,1-3H3;5-6H,3-4,8H2,1-2H3. The fraction of sp³-hybridized carbons (Fsp3) is 0.867. The SMILES string of the molecule is CB(O)NC(C(=O)OCCO[N+](=O)[O-])C(C)C.CC(C)C(N)C(=O)OCCO[N+](=O)[O-].